The van der Waals surface area contributed by atoms with Gasteiger partial charge in [0.1, 0.15) is 5.83 Å². The molecule has 2 rings (SSSR count). The van der Waals surface area contributed by atoms with Gasteiger partial charge in [-0.3, -0.25) is 0 Å². The van der Waals surface area contributed by atoms with E-state index in [2.05, 4.69) is 16.9 Å². The Morgan fingerprint density at radius 2 is 1.78 bits per heavy atom. The largest absolute Gasteiger partial charge is 0.236 e. The lowest BCUT2D eigenvalue weighted by atomic mass is 10.1. The fourth-order valence-electron chi connectivity index (χ4n) is 1.63. The molecular weight excluding hydrogens is 227 g/mol. The van der Waals surface area contributed by atoms with Crippen molar-refractivity contribution in [2.24, 2.45) is 0 Å². The highest BCUT2D eigenvalue weighted by atomic mass is 19.1. The van der Waals surface area contributed by atoms with Crippen LogP contribution in [0.3, 0.4) is 0 Å². The number of benzene rings is 1. The number of hydrogen-bond acceptors (Lipinski definition) is 2. The first kappa shape index (κ1) is 12.4. The molecule has 0 N–H and O–H groups in total. The molecule has 0 spiro atoms. The standard InChI is InChI=1S/C15H15FN2/c1-3-11-9-17-15(18-10-11)13-7-5-12(6-8-13)14(16)4-2/h4-10H,3H2,1-2H3/b14-4-. The molecule has 1 heterocycles. The molecule has 92 valence electrons. The molecule has 0 bridgehead atoms. The van der Waals surface area contributed by atoms with Crippen LogP contribution in [0, 0.1) is 0 Å². The SMILES string of the molecule is C/C=C(\F)c1ccc(-c2ncc(CC)cn2)cc1. The van der Waals surface area contributed by atoms with E-state index < -0.39 is 0 Å². The Labute approximate surface area is 106 Å². The zero-order chi connectivity index (χ0) is 13.0. The normalized spacial score (nSPS) is 11.6. The van der Waals surface area contributed by atoms with Crippen molar-refractivity contribution in [1.82, 2.24) is 9.97 Å². The van der Waals surface area contributed by atoms with Gasteiger partial charge < -0.3 is 0 Å². The summed E-state index contributed by atoms with van der Waals surface area (Å²) < 4.78 is 13.3. The molecule has 3 heteroatoms. The molecule has 1 aromatic heterocycles. The van der Waals surface area contributed by atoms with E-state index in [0.29, 0.717) is 11.4 Å². The van der Waals surface area contributed by atoms with Crippen LogP contribution in [-0.2, 0) is 6.42 Å². The van der Waals surface area contributed by atoms with Crippen LogP contribution < -0.4 is 0 Å². The lowest BCUT2D eigenvalue weighted by Crippen LogP contribution is -1.91. The van der Waals surface area contributed by atoms with Gasteiger partial charge in [0.05, 0.1) is 0 Å². The Morgan fingerprint density at radius 1 is 1.17 bits per heavy atom. The van der Waals surface area contributed by atoms with Crippen molar-refractivity contribution in [2.45, 2.75) is 20.3 Å². The Kier molecular flexibility index (Phi) is 3.82. The van der Waals surface area contributed by atoms with Crippen LogP contribution in [0.15, 0.2) is 42.7 Å². The summed E-state index contributed by atoms with van der Waals surface area (Å²) in [5.74, 6) is 0.448. The van der Waals surface area contributed by atoms with Gasteiger partial charge in [-0.2, -0.15) is 0 Å². The highest BCUT2D eigenvalue weighted by Crippen LogP contribution is 2.20. The number of rotatable bonds is 3. The molecule has 0 saturated heterocycles. The average molecular weight is 242 g/mol. The van der Waals surface area contributed by atoms with E-state index in [1.54, 1.807) is 19.1 Å². The second kappa shape index (κ2) is 5.54. The number of allylic oxidation sites excluding steroid dienone is 1. The second-order valence-corrected chi connectivity index (χ2v) is 3.98. The molecular formula is C15H15FN2. The Hall–Kier alpha value is -2.03. The van der Waals surface area contributed by atoms with Crippen LogP contribution in [0.25, 0.3) is 17.2 Å². The summed E-state index contributed by atoms with van der Waals surface area (Å²) in [6.07, 6.45) is 6.01. The van der Waals surface area contributed by atoms with Crippen LogP contribution in [-0.4, -0.2) is 9.97 Å². The predicted octanol–water partition coefficient (Wildman–Crippen LogP) is 4.04. The molecule has 0 unspecified atom stereocenters. The topological polar surface area (TPSA) is 25.8 Å². The molecule has 0 saturated carbocycles. The van der Waals surface area contributed by atoms with Crippen molar-refractivity contribution in [2.75, 3.05) is 0 Å². The van der Waals surface area contributed by atoms with Gasteiger partial charge >= 0.3 is 0 Å². The average Bonchev–Trinajstić information content (AvgIpc) is 2.47. The van der Waals surface area contributed by atoms with E-state index in [-0.39, 0.29) is 5.83 Å². The zero-order valence-electron chi connectivity index (χ0n) is 10.5. The van der Waals surface area contributed by atoms with Gasteiger partial charge in [0, 0.05) is 23.5 Å². The van der Waals surface area contributed by atoms with Crippen molar-refractivity contribution in [1.29, 1.82) is 0 Å². The van der Waals surface area contributed by atoms with E-state index >= 15 is 0 Å². The maximum absolute atomic E-state index is 13.3. The number of hydrogen-bond donors (Lipinski definition) is 0. The van der Waals surface area contributed by atoms with Crippen LogP contribution >= 0.6 is 0 Å². The fraction of sp³-hybridized carbons (Fsp3) is 0.200. The smallest absolute Gasteiger partial charge is 0.159 e. The summed E-state index contributed by atoms with van der Waals surface area (Å²) >= 11 is 0. The van der Waals surface area contributed by atoms with E-state index in [1.807, 2.05) is 24.5 Å². The first-order valence-corrected chi connectivity index (χ1v) is 5.98. The molecule has 0 fully saturated rings. The second-order valence-electron chi connectivity index (χ2n) is 3.98. The maximum atomic E-state index is 13.3. The predicted molar refractivity (Wildman–Crippen MR) is 71.6 cm³/mol. The van der Waals surface area contributed by atoms with E-state index in [1.165, 1.54) is 6.08 Å². The van der Waals surface area contributed by atoms with Crippen molar-refractivity contribution in [3.8, 4) is 11.4 Å². The summed E-state index contributed by atoms with van der Waals surface area (Å²) in [4.78, 5) is 8.59. The minimum Gasteiger partial charge on any atom is -0.236 e. The Bertz CT molecular complexity index is 542. The number of nitrogens with zero attached hydrogens (tertiary/aromatic N) is 2. The van der Waals surface area contributed by atoms with Crippen LogP contribution in [0.4, 0.5) is 4.39 Å². The lowest BCUT2D eigenvalue weighted by molar-refractivity contribution is 0.758. The first-order valence-electron chi connectivity index (χ1n) is 5.98. The van der Waals surface area contributed by atoms with Crippen LogP contribution in [0.5, 0.6) is 0 Å². The summed E-state index contributed by atoms with van der Waals surface area (Å²) in [6, 6.07) is 7.14. The third kappa shape index (κ3) is 2.62. The molecule has 0 radical (unpaired) electrons. The number of aromatic nitrogens is 2. The van der Waals surface area contributed by atoms with Gasteiger partial charge in [0.15, 0.2) is 5.82 Å². The van der Waals surface area contributed by atoms with E-state index in [0.717, 1.165) is 17.5 Å². The highest BCUT2D eigenvalue weighted by molar-refractivity contribution is 5.63. The maximum Gasteiger partial charge on any atom is 0.159 e. The van der Waals surface area contributed by atoms with Gasteiger partial charge in [-0.15, -0.1) is 0 Å². The van der Waals surface area contributed by atoms with Crippen LogP contribution in [0.1, 0.15) is 25.0 Å². The van der Waals surface area contributed by atoms with E-state index in [4.69, 9.17) is 0 Å². The zero-order valence-corrected chi connectivity index (χ0v) is 10.5. The summed E-state index contributed by atoms with van der Waals surface area (Å²) in [5.41, 5.74) is 2.58. The van der Waals surface area contributed by atoms with E-state index in [9.17, 15) is 4.39 Å². The Morgan fingerprint density at radius 3 is 2.28 bits per heavy atom. The minimum atomic E-state index is -0.219. The first-order chi connectivity index (χ1) is 8.74. The molecule has 2 nitrogen and oxygen atoms in total. The monoisotopic (exact) mass is 242 g/mol. The van der Waals surface area contributed by atoms with Gasteiger partial charge in [-0.1, -0.05) is 37.3 Å². The molecule has 2 aromatic rings. The summed E-state index contributed by atoms with van der Waals surface area (Å²) in [7, 11) is 0. The van der Waals surface area contributed by atoms with Gasteiger partial charge in [0.25, 0.3) is 0 Å². The molecule has 0 aliphatic rings. The summed E-state index contributed by atoms with van der Waals surface area (Å²) in [5, 5.41) is 0. The van der Waals surface area contributed by atoms with Crippen LogP contribution in [0.2, 0.25) is 0 Å². The lowest BCUT2D eigenvalue weighted by Gasteiger charge is -2.02. The molecule has 0 aliphatic heterocycles. The Balaban J connectivity index is 2.28. The third-order valence-corrected chi connectivity index (χ3v) is 2.79. The molecule has 0 atom stereocenters. The minimum absolute atomic E-state index is 0.219. The molecule has 0 amide bonds. The van der Waals surface area contributed by atoms with Crippen molar-refractivity contribution in [3.63, 3.8) is 0 Å². The fourth-order valence-corrected chi connectivity index (χ4v) is 1.63. The quantitative estimate of drug-likeness (QED) is 0.811. The summed E-state index contributed by atoms with van der Waals surface area (Å²) in [6.45, 7) is 3.74. The molecule has 1 aromatic carbocycles. The number of halogens is 1. The van der Waals surface area contributed by atoms with Crippen molar-refractivity contribution >= 4 is 5.83 Å². The van der Waals surface area contributed by atoms with Gasteiger partial charge in [-0.25, -0.2) is 14.4 Å². The third-order valence-electron chi connectivity index (χ3n) is 2.79. The van der Waals surface area contributed by atoms with Crippen molar-refractivity contribution in [3.05, 3.63) is 53.9 Å². The number of aryl methyl sites for hydroxylation is 1. The highest BCUT2D eigenvalue weighted by Gasteiger charge is 2.03. The van der Waals surface area contributed by atoms with Gasteiger partial charge in [-0.05, 0) is 18.9 Å². The molecule has 18 heavy (non-hydrogen) atoms. The van der Waals surface area contributed by atoms with Crippen molar-refractivity contribution < 1.29 is 4.39 Å². The van der Waals surface area contributed by atoms with Gasteiger partial charge in [0.2, 0.25) is 0 Å². The molecule has 0 aliphatic carbocycles.